The van der Waals surface area contributed by atoms with Gasteiger partial charge in [0.2, 0.25) is 0 Å². The van der Waals surface area contributed by atoms with Gasteiger partial charge in [0.1, 0.15) is 6.73 Å². The van der Waals surface area contributed by atoms with Crippen LogP contribution in [-0.2, 0) is 4.74 Å². The van der Waals surface area contributed by atoms with Gasteiger partial charge in [-0.15, -0.1) is 0 Å². The van der Waals surface area contributed by atoms with Gasteiger partial charge >= 0.3 is 0 Å². The third-order valence-electron chi connectivity index (χ3n) is 1.65. The Hall–Kier alpha value is -0.120. The minimum atomic E-state index is 0.653. The molecule has 0 N–H and O–H groups in total. The third kappa shape index (κ3) is 2.64. The van der Waals surface area contributed by atoms with Crippen molar-refractivity contribution in [3.63, 3.8) is 0 Å². The lowest BCUT2D eigenvalue weighted by atomic mass is 10.2. The highest BCUT2D eigenvalue weighted by Gasteiger charge is 2.07. The lowest BCUT2D eigenvalue weighted by Crippen LogP contribution is -2.33. The van der Waals surface area contributed by atoms with Crippen molar-refractivity contribution < 1.29 is 4.74 Å². The summed E-state index contributed by atoms with van der Waals surface area (Å²) in [6, 6.07) is 0. The molecule has 0 aromatic rings. The Kier molecular flexibility index (Phi) is 3.72. The summed E-state index contributed by atoms with van der Waals surface area (Å²) in [5.74, 6) is 0. The Morgan fingerprint density at radius 1 is 1.40 bits per heavy atom. The van der Waals surface area contributed by atoms with E-state index in [2.05, 4.69) is 5.43 Å². The van der Waals surface area contributed by atoms with Gasteiger partial charge in [-0.3, -0.25) is 0 Å². The minimum absolute atomic E-state index is 0.653. The van der Waals surface area contributed by atoms with Gasteiger partial charge in [0.15, 0.2) is 0 Å². The molecule has 0 spiro atoms. The second-order valence-corrected chi connectivity index (χ2v) is 2.57. The van der Waals surface area contributed by atoms with Gasteiger partial charge in [-0.1, -0.05) is 6.42 Å². The summed E-state index contributed by atoms with van der Waals surface area (Å²) >= 11 is 0. The number of ether oxygens (including phenoxy) is 1. The molecule has 0 amide bonds. The molecule has 1 fully saturated rings. The van der Waals surface area contributed by atoms with E-state index in [9.17, 15) is 0 Å². The molecule has 1 rings (SSSR count). The van der Waals surface area contributed by atoms with Crippen LogP contribution in [0.15, 0.2) is 0 Å². The van der Waals surface area contributed by atoms with Crippen LogP contribution in [0.4, 0.5) is 0 Å². The number of hydrogen-bond donors (Lipinski definition) is 0. The van der Waals surface area contributed by atoms with Gasteiger partial charge in [0.25, 0.3) is 0 Å². The standard InChI is InChI=1S/C7H15N2O/c1-10-7-9-6-4-2-3-5-8-9/h2-7H2,1H3. The highest BCUT2D eigenvalue weighted by molar-refractivity contribution is 4.55. The molecule has 0 bridgehead atoms. The second-order valence-electron chi connectivity index (χ2n) is 2.57. The van der Waals surface area contributed by atoms with E-state index < -0.39 is 0 Å². The highest BCUT2D eigenvalue weighted by Crippen LogP contribution is 2.02. The molecule has 10 heavy (non-hydrogen) atoms. The molecule has 59 valence electrons. The van der Waals surface area contributed by atoms with Crippen molar-refractivity contribution in [2.75, 3.05) is 26.9 Å². The van der Waals surface area contributed by atoms with Gasteiger partial charge < -0.3 is 4.74 Å². The molecule has 1 heterocycles. The van der Waals surface area contributed by atoms with E-state index >= 15 is 0 Å². The largest absolute Gasteiger partial charge is 0.368 e. The predicted molar refractivity (Wildman–Crippen MR) is 39.4 cm³/mol. The summed E-state index contributed by atoms with van der Waals surface area (Å²) in [5.41, 5.74) is 4.32. The predicted octanol–water partition coefficient (Wildman–Crippen LogP) is 0.596. The van der Waals surface area contributed by atoms with Crippen LogP contribution in [0, 0.1) is 0 Å². The van der Waals surface area contributed by atoms with Crippen molar-refractivity contribution >= 4 is 0 Å². The first-order chi connectivity index (χ1) is 4.93. The van der Waals surface area contributed by atoms with Crippen LogP contribution in [-0.4, -0.2) is 31.9 Å². The molecular weight excluding hydrogens is 128 g/mol. The molecule has 3 heteroatoms. The average Bonchev–Trinajstić information content (AvgIpc) is 2.17. The molecule has 1 radical (unpaired) electrons. The van der Waals surface area contributed by atoms with Crippen molar-refractivity contribution in [1.82, 2.24) is 10.4 Å². The first-order valence-corrected chi connectivity index (χ1v) is 3.85. The van der Waals surface area contributed by atoms with E-state index in [4.69, 9.17) is 4.74 Å². The van der Waals surface area contributed by atoms with Gasteiger partial charge in [-0.05, 0) is 12.8 Å². The third-order valence-corrected chi connectivity index (χ3v) is 1.65. The van der Waals surface area contributed by atoms with Crippen molar-refractivity contribution in [3.05, 3.63) is 0 Å². The zero-order valence-electron chi connectivity index (χ0n) is 6.55. The van der Waals surface area contributed by atoms with Gasteiger partial charge in [-0.2, -0.15) is 5.43 Å². The van der Waals surface area contributed by atoms with E-state index in [0.29, 0.717) is 6.73 Å². The molecule has 0 saturated carbocycles. The lowest BCUT2D eigenvalue weighted by molar-refractivity contribution is 0.0278. The van der Waals surface area contributed by atoms with E-state index in [1.54, 1.807) is 7.11 Å². The van der Waals surface area contributed by atoms with E-state index in [0.717, 1.165) is 13.1 Å². The molecule has 0 atom stereocenters. The molecule has 1 aliphatic rings. The Balaban J connectivity index is 2.15. The van der Waals surface area contributed by atoms with Gasteiger partial charge in [0, 0.05) is 20.2 Å². The highest BCUT2D eigenvalue weighted by atomic mass is 16.5. The van der Waals surface area contributed by atoms with Crippen LogP contribution in [0.5, 0.6) is 0 Å². The molecule has 0 aromatic carbocycles. The van der Waals surface area contributed by atoms with Crippen LogP contribution >= 0.6 is 0 Å². The van der Waals surface area contributed by atoms with E-state index in [1.807, 2.05) is 5.01 Å². The fraction of sp³-hybridized carbons (Fsp3) is 1.00. The van der Waals surface area contributed by atoms with Crippen LogP contribution in [0.3, 0.4) is 0 Å². The van der Waals surface area contributed by atoms with Crippen molar-refractivity contribution in [1.29, 1.82) is 0 Å². The first-order valence-electron chi connectivity index (χ1n) is 3.85. The monoisotopic (exact) mass is 143 g/mol. The number of methoxy groups -OCH3 is 1. The molecule has 1 saturated heterocycles. The molecule has 0 aliphatic carbocycles. The normalized spacial score (nSPS) is 22.5. The number of rotatable bonds is 2. The van der Waals surface area contributed by atoms with Gasteiger partial charge in [0.05, 0.1) is 0 Å². The topological polar surface area (TPSA) is 26.6 Å². The smallest absolute Gasteiger partial charge is 0.113 e. The van der Waals surface area contributed by atoms with Crippen molar-refractivity contribution in [2.45, 2.75) is 19.3 Å². The maximum absolute atomic E-state index is 4.97. The maximum atomic E-state index is 4.97. The summed E-state index contributed by atoms with van der Waals surface area (Å²) in [6.07, 6.45) is 3.80. The fourth-order valence-electron chi connectivity index (χ4n) is 1.12. The second kappa shape index (κ2) is 4.66. The summed E-state index contributed by atoms with van der Waals surface area (Å²) in [6.45, 7) is 2.69. The lowest BCUT2D eigenvalue weighted by Gasteiger charge is -2.16. The zero-order valence-corrected chi connectivity index (χ0v) is 6.55. The number of hydrogen-bond acceptors (Lipinski definition) is 2. The first kappa shape index (κ1) is 7.98. The van der Waals surface area contributed by atoms with Crippen LogP contribution in [0.2, 0.25) is 0 Å². The zero-order chi connectivity index (χ0) is 7.23. The molecule has 3 nitrogen and oxygen atoms in total. The SMILES string of the molecule is COCN1CCCCC[N]1. The van der Waals surface area contributed by atoms with E-state index in [-0.39, 0.29) is 0 Å². The summed E-state index contributed by atoms with van der Waals surface area (Å²) in [4.78, 5) is 0. The molecule has 0 aromatic heterocycles. The Labute approximate surface area is 62.3 Å². The van der Waals surface area contributed by atoms with E-state index in [1.165, 1.54) is 19.3 Å². The quantitative estimate of drug-likeness (QED) is 0.565. The average molecular weight is 143 g/mol. The van der Waals surface area contributed by atoms with Crippen LogP contribution in [0.25, 0.3) is 0 Å². The van der Waals surface area contributed by atoms with Crippen LogP contribution in [0.1, 0.15) is 19.3 Å². The Morgan fingerprint density at radius 2 is 2.30 bits per heavy atom. The minimum Gasteiger partial charge on any atom is -0.368 e. The Bertz CT molecular complexity index is 79.7. The summed E-state index contributed by atoms with van der Waals surface area (Å²) in [5, 5.41) is 2.01. The molecule has 0 unspecified atom stereocenters. The van der Waals surface area contributed by atoms with Crippen LogP contribution < -0.4 is 5.43 Å². The maximum Gasteiger partial charge on any atom is 0.113 e. The summed E-state index contributed by atoms with van der Waals surface area (Å²) < 4.78 is 4.97. The van der Waals surface area contributed by atoms with Gasteiger partial charge in [-0.25, -0.2) is 5.01 Å². The summed E-state index contributed by atoms with van der Waals surface area (Å²) in [7, 11) is 1.71. The number of nitrogens with zero attached hydrogens (tertiary/aromatic N) is 2. The molecule has 1 aliphatic heterocycles. The molecular formula is C7H15N2O. The van der Waals surface area contributed by atoms with Crippen molar-refractivity contribution in [3.8, 4) is 0 Å². The van der Waals surface area contributed by atoms with Crippen molar-refractivity contribution in [2.24, 2.45) is 0 Å². The fourth-order valence-corrected chi connectivity index (χ4v) is 1.12. The Morgan fingerprint density at radius 3 is 3.10 bits per heavy atom.